The average Bonchev–Trinajstić information content (AvgIpc) is 3.10. The normalized spacial score (nSPS) is 11.9. The largest absolute Gasteiger partial charge is 0.457 e. The highest BCUT2D eigenvalue weighted by Gasteiger charge is 2.20. The summed E-state index contributed by atoms with van der Waals surface area (Å²) in [5, 5.41) is 0. The van der Waals surface area contributed by atoms with E-state index in [1.807, 2.05) is 11.5 Å². The van der Waals surface area contributed by atoms with Gasteiger partial charge >= 0.3 is 5.97 Å². The number of sulfonamides is 1. The first-order valence-electron chi connectivity index (χ1n) is 10.2. The predicted octanol–water partition coefficient (Wildman–Crippen LogP) is 4.06. The minimum Gasteiger partial charge on any atom is -0.457 e. The zero-order valence-electron chi connectivity index (χ0n) is 18.2. The van der Waals surface area contributed by atoms with Gasteiger partial charge in [0.15, 0.2) is 0 Å². The Hall–Kier alpha value is -2.43. The molecular weight excluding hydrogens is 453 g/mol. The smallest absolute Gasteiger partial charge is 0.307 e. The van der Waals surface area contributed by atoms with Crippen molar-refractivity contribution in [2.75, 3.05) is 19.8 Å². The van der Waals surface area contributed by atoms with Crippen LogP contribution in [0, 0.1) is 5.82 Å². The van der Waals surface area contributed by atoms with E-state index in [9.17, 15) is 17.6 Å². The molecule has 7 nitrogen and oxygen atoms in total. The number of carbonyl (C=O) groups is 1. The topological polar surface area (TPSA) is 81.5 Å². The molecule has 0 radical (unpaired) electrons. The first-order valence-corrected chi connectivity index (χ1v) is 12.6. The van der Waals surface area contributed by atoms with Gasteiger partial charge in [-0.2, -0.15) is 0 Å². The average molecular weight is 480 g/mol. The number of esters is 1. The summed E-state index contributed by atoms with van der Waals surface area (Å²) < 4.78 is 46.3. The number of hydrogen-bond acceptors (Lipinski definition) is 6. The summed E-state index contributed by atoms with van der Waals surface area (Å²) in [6.45, 7) is 2.70. The standard InChI is InChI=1S/C22H26FN3O4S2/c1-4-12-26-20-10-9-18(32(28,29)25(2)3)14-19(20)24-21(26)15-30-22(27)11-13-31-17-7-5-16(23)6-8-17/h5-10,14H,4,11-13,15H2,1-3H3. The molecule has 0 amide bonds. The van der Waals surface area contributed by atoms with E-state index < -0.39 is 10.0 Å². The maximum absolute atomic E-state index is 13.0. The fourth-order valence-corrected chi connectivity index (χ4v) is 4.87. The molecule has 0 fully saturated rings. The van der Waals surface area contributed by atoms with E-state index in [1.165, 1.54) is 38.0 Å². The van der Waals surface area contributed by atoms with Crippen LogP contribution in [0.4, 0.5) is 4.39 Å². The molecule has 3 aromatic rings. The molecule has 1 aromatic heterocycles. The third kappa shape index (κ3) is 5.67. The van der Waals surface area contributed by atoms with Crippen molar-refractivity contribution in [2.45, 2.75) is 42.7 Å². The van der Waals surface area contributed by atoms with Gasteiger partial charge < -0.3 is 9.30 Å². The summed E-state index contributed by atoms with van der Waals surface area (Å²) in [7, 11) is -0.609. The molecule has 32 heavy (non-hydrogen) atoms. The summed E-state index contributed by atoms with van der Waals surface area (Å²) in [4.78, 5) is 17.8. The zero-order valence-corrected chi connectivity index (χ0v) is 19.9. The van der Waals surface area contributed by atoms with Gasteiger partial charge in [0.1, 0.15) is 18.2 Å². The first kappa shape index (κ1) is 24.2. The summed E-state index contributed by atoms with van der Waals surface area (Å²) in [6, 6.07) is 10.9. The van der Waals surface area contributed by atoms with Gasteiger partial charge in [-0.25, -0.2) is 22.1 Å². The molecule has 1 heterocycles. The monoisotopic (exact) mass is 479 g/mol. The lowest BCUT2D eigenvalue weighted by Crippen LogP contribution is -2.22. The van der Waals surface area contributed by atoms with Crippen LogP contribution in [0.5, 0.6) is 0 Å². The molecule has 10 heteroatoms. The number of thioether (sulfide) groups is 1. The van der Waals surface area contributed by atoms with Crippen LogP contribution < -0.4 is 0 Å². The molecule has 0 spiro atoms. The molecule has 0 saturated heterocycles. The molecule has 0 bridgehead atoms. The van der Waals surface area contributed by atoms with Crippen molar-refractivity contribution in [3.05, 3.63) is 54.1 Å². The van der Waals surface area contributed by atoms with E-state index in [2.05, 4.69) is 4.98 Å². The van der Waals surface area contributed by atoms with Gasteiger partial charge in [0, 0.05) is 31.3 Å². The molecule has 172 valence electrons. The Kier molecular flexibility index (Phi) is 7.91. The Balaban J connectivity index is 1.68. The predicted molar refractivity (Wildman–Crippen MR) is 122 cm³/mol. The molecule has 0 unspecified atom stereocenters. The van der Waals surface area contributed by atoms with Gasteiger partial charge in [0.2, 0.25) is 10.0 Å². The maximum Gasteiger partial charge on any atom is 0.307 e. The SMILES string of the molecule is CCCn1c(COC(=O)CCSc2ccc(F)cc2)nc2cc(S(=O)(=O)N(C)C)ccc21. The van der Waals surface area contributed by atoms with E-state index in [-0.39, 0.29) is 29.7 Å². The van der Waals surface area contributed by atoms with Crippen molar-refractivity contribution in [3.63, 3.8) is 0 Å². The number of aromatic nitrogens is 2. The Morgan fingerprint density at radius 2 is 1.91 bits per heavy atom. The minimum atomic E-state index is -3.57. The number of halogens is 1. The lowest BCUT2D eigenvalue weighted by molar-refractivity contribution is -0.144. The highest BCUT2D eigenvalue weighted by molar-refractivity contribution is 7.99. The van der Waals surface area contributed by atoms with Crippen LogP contribution in [0.25, 0.3) is 11.0 Å². The number of carbonyl (C=O) groups excluding carboxylic acids is 1. The van der Waals surface area contributed by atoms with Crippen LogP contribution in [-0.2, 0) is 32.7 Å². The number of imidazole rings is 1. The van der Waals surface area contributed by atoms with Gasteiger partial charge in [0.05, 0.1) is 22.3 Å². The second kappa shape index (κ2) is 10.5. The van der Waals surface area contributed by atoms with E-state index in [0.717, 1.165) is 21.1 Å². The van der Waals surface area contributed by atoms with Crippen LogP contribution in [0.3, 0.4) is 0 Å². The Labute approximate surface area is 191 Å². The summed E-state index contributed by atoms with van der Waals surface area (Å²) in [5.41, 5.74) is 1.33. The van der Waals surface area contributed by atoms with E-state index in [1.54, 1.807) is 30.3 Å². The van der Waals surface area contributed by atoms with Crippen LogP contribution in [0.15, 0.2) is 52.3 Å². The molecule has 0 aliphatic rings. The molecule has 0 aliphatic carbocycles. The van der Waals surface area contributed by atoms with Crippen molar-refractivity contribution >= 4 is 38.8 Å². The number of fused-ring (bicyclic) bond motifs is 1. The number of nitrogens with zero attached hydrogens (tertiary/aromatic N) is 3. The lowest BCUT2D eigenvalue weighted by Gasteiger charge is -2.11. The molecule has 0 saturated carbocycles. The Morgan fingerprint density at radius 3 is 2.56 bits per heavy atom. The van der Waals surface area contributed by atoms with E-state index in [0.29, 0.717) is 23.6 Å². The molecule has 0 aliphatic heterocycles. The quantitative estimate of drug-likeness (QED) is 0.322. The van der Waals surface area contributed by atoms with E-state index in [4.69, 9.17) is 4.74 Å². The molecule has 2 aromatic carbocycles. The Bertz CT molecular complexity index is 1190. The van der Waals surface area contributed by atoms with Gasteiger partial charge in [-0.1, -0.05) is 6.92 Å². The third-order valence-corrected chi connectivity index (χ3v) is 7.60. The molecule has 3 rings (SSSR count). The molecule has 0 atom stereocenters. The second-order valence-electron chi connectivity index (χ2n) is 7.33. The van der Waals surface area contributed by atoms with Crippen molar-refractivity contribution < 1.29 is 22.3 Å². The van der Waals surface area contributed by atoms with Gasteiger partial charge in [-0.15, -0.1) is 11.8 Å². The summed E-state index contributed by atoms with van der Waals surface area (Å²) >= 11 is 1.45. The second-order valence-corrected chi connectivity index (χ2v) is 10.7. The van der Waals surface area contributed by atoms with Crippen molar-refractivity contribution in [3.8, 4) is 0 Å². The van der Waals surface area contributed by atoms with Crippen molar-refractivity contribution in [2.24, 2.45) is 0 Å². The highest BCUT2D eigenvalue weighted by Crippen LogP contribution is 2.23. The summed E-state index contributed by atoms with van der Waals surface area (Å²) in [6.07, 6.45) is 1.06. The number of rotatable bonds is 10. The van der Waals surface area contributed by atoms with Crippen molar-refractivity contribution in [1.29, 1.82) is 0 Å². The first-order chi connectivity index (χ1) is 15.2. The number of ether oxygens (including phenoxy) is 1. The van der Waals surface area contributed by atoms with Crippen LogP contribution >= 0.6 is 11.8 Å². The van der Waals surface area contributed by atoms with Gasteiger partial charge in [0.25, 0.3) is 0 Å². The van der Waals surface area contributed by atoms with Crippen LogP contribution in [-0.4, -0.2) is 48.1 Å². The molecule has 0 N–H and O–H groups in total. The fourth-order valence-electron chi connectivity index (χ4n) is 3.11. The van der Waals surface area contributed by atoms with Gasteiger partial charge in [-0.3, -0.25) is 4.79 Å². The van der Waals surface area contributed by atoms with Crippen molar-refractivity contribution in [1.82, 2.24) is 13.9 Å². The minimum absolute atomic E-state index is 0.00446. The van der Waals surface area contributed by atoms with Crippen LogP contribution in [0.2, 0.25) is 0 Å². The fraction of sp³-hybridized carbons (Fsp3) is 0.364. The molecular formula is C22H26FN3O4S2. The summed E-state index contributed by atoms with van der Waals surface area (Å²) in [5.74, 6) is 0.434. The Morgan fingerprint density at radius 1 is 1.19 bits per heavy atom. The lowest BCUT2D eigenvalue weighted by atomic mass is 10.3. The zero-order chi connectivity index (χ0) is 23.3. The third-order valence-electron chi connectivity index (χ3n) is 4.78. The van der Waals surface area contributed by atoms with Gasteiger partial charge in [-0.05, 0) is 48.9 Å². The number of aryl methyl sites for hydroxylation is 1. The number of benzene rings is 2. The maximum atomic E-state index is 13.0. The highest BCUT2D eigenvalue weighted by atomic mass is 32.2. The van der Waals surface area contributed by atoms with E-state index >= 15 is 0 Å². The number of hydrogen-bond donors (Lipinski definition) is 0. The van der Waals surface area contributed by atoms with Crippen LogP contribution in [0.1, 0.15) is 25.6 Å².